The van der Waals surface area contributed by atoms with Crippen molar-refractivity contribution in [2.45, 2.75) is 141 Å². The van der Waals surface area contributed by atoms with Gasteiger partial charge in [-0.2, -0.15) is 0 Å². The Bertz CT molecular complexity index is 4200. The lowest BCUT2D eigenvalue weighted by atomic mass is 9.93. The summed E-state index contributed by atoms with van der Waals surface area (Å²) < 4.78 is 16.5. The fourth-order valence-electron chi connectivity index (χ4n) is 10.8. The van der Waals surface area contributed by atoms with Gasteiger partial charge in [0.05, 0.1) is 65.5 Å². The molecule has 0 aliphatic carbocycles. The number of benzene rings is 5. The van der Waals surface area contributed by atoms with Crippen LogP contribution >= 0.6 is 0 Å². The molecule has 6 aromatic rings. The predicted molar refractivity (Wildman–Crippen MR) is 379 cm³/mol. The molecule has 578 valence electrons. The second-order valence-electron chi connectivity index (χ2n) is 25.2. The molecule has 0 aliphatic rings. The molecule has 1 heterocycles. The van der Waals surface area contributed by atoms with Gasteiger partial charge in [-0.15, -0.1) is 0 Å². The van der Waals surface area contributed by atoms with Crippen molar-refractivity contribution in [3.8, 4) is 11.1 Å². The Morgan fingerprint density at radius 2 is 0.688 bits per heavy atom. The first kappa shape index (κ1) is 84.3. The van der Waals surface area contributed by atoms with E-state index in [1.54, 1.807) is 60.7 Å². The Kier molecular flexibility index (Phi) is 30.9. The van der Waals surface area contributed by atoms with E-state index in [1.807, 2.05) is 0 Å². The van der Waals surface area contributed by atoms with E-state index in [0.717, 1.165) is 0 Å². The zero-order chi connectivity index (χ0) is 80.3. The summed E-state index contributed by atoms with van der Waals surface area (Å²) >= 11 is 0. The standard InChI is InChI=1S/C72H78N10O27/c1-35(2)60(81-62(95)45(23-25-53(83)84)75-66(99)49(31-57(91)92)79-71(105)107-33-37-13-7-5-8-14-37)68(101)77-47(29-55(87)88)64(97)73-39-19-21-43-51(27-39)109-52-28-40(20-22-44(52)59(43)41-17-11-12-18-42(41)70(103)104)74-65(98)48(30-56(89)90)78-69(102)61(36(3)4)82-63(96)46(24-26-54(85)86)76-67(100)50(32-58(93)94)80-72(106)108-34-38-15-9-6-10-16-38/h5-22,27-28,35-36,45-50,60-61H,23-26,29-34H2,1-4H3,(H16-,73,74,75,76,77,78,79,80,81,82,83,84,85,86,87,88,89,90,91,92,93,94,95,96,97,98,99,100,101,102,103,104,105,106)/p+1/t45-,46-,47-,48-,49-,50-,60-,61-/m0/s1. The third-order valence-electron chi connectivity index (χ3n) is 16.2. The summed E-state index contributed by atoms with van der Waals surface area (Å²) in [5.74, 6) is -22.1. The lowest BCUT2D eigenvalue weighted by Crippen LogP contribution is -2.59. The average molecular weight is 1520 g/mol. The minimum absolute atomic E-state index is 0.111. The number of hydrogen-bond donors (Lipinski definition) is 17. The van der Waals surface area contributed by atoms with Crippen LogP contribution in [0.3, 0.4) is 0 Å². The quantitative estimate of drug-likeness (QED) is 0.0193. The summed E-state index contributed by atoms with van der Waals surface area (Å²) in [7, 11) is 0. The zero-order valence-corrected chi connectivity index (χ0v) is 58.7. The van der Waals surface area contributed by atoms with Gasteiger partial charge in [0.25, 0.3) is 0 Å². The third-order valence-corrected chi connectivity index (χ3v) is 16.2. The van der Waals surface area contributed by atoms with Crippen LogP contribution in [0.5, 0.6) is 0 Å². The number of aliphatic carboxylic acids is 6. The van der Waals surface area contributed by atoms with Crippen molar-refractivity contribution in [3.63, 3.8) is 0 Å². The van der Waals surface area contributed by atoms with Gasteiger partial charge >= 0.3 is 65.1 Å². The molecule has 0 radical (unpaired) electrons. The highest BCUT2D eigenvalue weighted by Crippen LogP contribution is 2.40. The summed E-state index contributed by atoms with van der Waals surface area (Å²) in [6.07, 6.45) is -9.57. The molecule has 5 aromatic carbocycles. The number of ether oxygens (including phenoxy) is 2. The molecule has 0 saturated carbocycles. The Balaban J connectivity index is 1.24. The molecule has 0 bridgehead atoms. The second kappa shape index (κ2) is 40.0. The van der Waals surface area contributed by atoms with Crippen LogP contribution in [0.4, 0.5) is 21.0 Å². The molecule has 0 unspecified atom stereocenters. The number of rotatable bonds is 40. The molecule has 0 aliphatic heterocycles. The number of carboxylic acids is 7. The number of aromatic carboxylic acids is 1. The molecule has 0 spiro atoms. The molecule has 1 aromatic heterocycles. The van der Waals surface area contributed by atoms with Crippen LogP contribution in [-0.2, 0) is 89.8 Å². The van der Waals surface area contributed by atoms with E-state index >= 15 is 0 Å². The predicted octanol–water partition coefficient (Wildman–Crippen LogP) is 3.55. The molecular weight excluding hydrogens is 1440 g/mol. The van der Waals surface area contributed by atoms with Crippen LogP contribution in [-0.4, -0.2) is 185 Å². The maximum absolute atomic E-state index is 14.2. The molecule has 37 heteroatoms. The van der Waals surface area contributed by atoms with Crippen molar-refractivity contribution in [2.75, 3.05) is 10.6 Å². The molecule has 0 fully saturated rings. The number of anilines is 2. The van der Waals surface area contributed by atoms with Gasteiger partial charge in [0, 0.05) is 18.4 Å². The number of alkyl carbamates (subject to hydrolysis) is 2. The fraction of sp³-hybridized carbons (Fsp3) is 0.333. The SMILES string of the molecule is CC(C)[C@H](NC(=O)[C@H](CCC(=O)O)NC(=O)[C@H](CC(=O)O)NC(=O)OCc1ccccc1)C(=O)N[C@@H](CC(=O)O)C(=O)Nc1ccc2c(-c3ccccc3C(=O)O)c3ccc(NC(=O)[C@H](CC(=O)O)NC(=O)[C@@H](NC(=O)[C@H](CCC(=O)O)NC(=O)[C@H](CC(=O)O)NC(=O)OCc4ccccc4)C(C)C)cc3[o+]c2c1. The van der Waals surface area contributed by atoms with E-state index in [-0.39, 0.29) is 63.2 Å². The maximum Gasteiger partial charge on any atom is 0.408 e. The van der Waals surface area contributed by atoms with Crippen molar-refractivity contribution < 1.29 is 131 Å². The van der Waals surface area contributed by atoms with Gasteiger partial charge in [-0.25, -0.2) is 18.8 Å². The minimum atomic E-state index is -1.95. The molecule has 37 nitrogen and oxygen atoms in total. The third kappa shape index (κ3) is 26.2. The van der Waals surface area contributed by atoms with Gasteiger partial charge in [0.1, 0.15) is 61.5 Å². The molecule has 0 saturated heterocycles. The number of carbonyl (C=O) groups excluding carboxylic acids is 10. The van der Waals surface area contributed by atoms with Gasteiger partial charge in [-0.05, 0) is 71.7 Å². The zero-order valence-electron chi connectivity index (χ0n) is 58.7. The largest absolute Gasteiger partial charge is 0.481 e. The number of carbonyl (C=O) groups is 17. The van der Waals surface area contributed by atoms with Crippen LogP contribution in [0.15, 0.2) is 126 Å². The van der Waals surface area contributed by atoms with E-state index in [2.05, 4.69) is 53.2 Å². The van der Waals surface area contributed by atoms with E-state index < -0.39 is 213 Å². The van der Waals surface area contributed by atoms with Crippen molar-refractivity contribution in [2.24, 2.45) is 11.8 Å². The fourth-order valence-corrected chi connectivity index (χ4v) is 10.8. The summed E-state index contributed by atoms with van der Waals surface area (Å²) in [6, 6.07) is 15.4. The molecule has 109 heavy (non-hydrogen) atoms. The van der Waals surface area contributed by atoms with Gasteiger partial charge in [0.2, 0.25) is 47.3 Å². The smallest absolute Gasteiger partial charge is 0.408 e. The summed E-state index contributed by atoms with van der Waals surface area (Å²) in [4.78, 5) is 222. The number of hydrogen-bond acceptors (Lipinski definition) is 19. The molecule has 17 N–H and O–H groups in total. The monoisotopic (exact) mass is 1520 g/mol. The maximum atomic E-state index is 14.2. The number of carboxylic acid groups (broad SMARTS) is 7. The highest BCUT2D eigenvalue weighted by Gasteiger charge is 2.38. The van der Waals surface area contributed by atoms with Gasteiger partial charge in [0.15, 0.2) is 0 Å². The van der Waals surface area contributed by atoms with Crippen LogP contribution in [0.25, 0.3) is 33.1 Å². The van der Waals surface area contributed by atoms with E-state index in [9.17, 15) is 117 Å². The van der Waals surface area contributed by atoms with Gasteiger partial charge in [-0.1, -0.05) is 107 Å². The second-order valence-corrected chi connectivity index (χ2v) is 25.2. The topological polar surface area (TPSA) is 582 Å². The van der Waals surface area contributed by atoms with Crippen LogP contribution in [0.1, 0.15) is 101 Å². The lowest BCUT2D eigenvalue weighted by Gasteiger charge is -2.27. The first-order chi connectivity index (χ1) is 51.6. The van der Waals surface area contributed by atoms with E-state index in [0.29, 0.717) is 11.1 Å². The first-order valence-electron chi connectivity index (χ1n) is 33.4. The number of nitrogens with one attached hydrogen (secondary N) is 10. The normalized spacial score (nSPS) is 13.2. The lowest BCUT2D eigenvalue weighted by molar-refractivity contribution is -0.141. The highest BCUT2D eigenvalue weighted by molar-refractivity contribution is 6.14. The molecule has 10 amide bonds. The first-order valence-corrected chi connectivity index (χ1v) is 33.4. The van der Waals surface area contributed by atoms with Crippen LogP contribution in [0, 0.1) is 11.8 Å². The molecule has 6 rings (SSSR count). The van der Waals surface area contributed by atoms with E-state index in [1.165, 1.54) is 88.4 Å². The highest BCUT2D eigenvalue weighted by atomic mass is 16.6. The Labute approximate surface area is 618 Å². The van der Waals surface area contributed by atoms with Gasteiger partial charge < -0.3 is 98.4 Å². The average Bonchev–Trinajstić information content (AvgIpc) is 0.747. The Morgan fingerprint density at radius 1 is 0.358 bits per heavy atom. The van der Waals surface area contributed by atoms with Gasteiger partial charge in [-0.3, -0.25) is 67.1 Å². The molecule has 8 atom stereocenters. The molecular formula is C72H79N10O27+. The van der Waals surface area contributed by atoms with Crippen molar-refractivity contribution in [1.29, 1.82) is 0 Å². The van der Waals surface area contributed by atoms with E-state index in [4.69, 9.17) is 13.9 Å². The number of amides is 10. The van der Waals surface area contributed by atoms with Crippen molar-refractivity contribution >= 4 is 135 Å². The summed E-state index contributed by atoms with van der Waals surface area (Å²) in [5, 5.41) is 91.8. The summed E-state index contributed by atoms with van der Waals surface area (Å²) in [5.41, 5.74) is 0.625. The minimum Gasteiger partial charge on any atom is -0.481 e. The van der Waals surface area contributed by atoms with Crippen LogP contribution < -0.4 is 53.2 Å². The van der Waals surface area contributed by atoms with Crippen molar-refractivity contribution in [1.82, 2.24) is 42.5 Å². The van der Waals surface area contributed by atoms with Crippen LogP contribution in [0.2, 0.25) is 0 Å². The Morgan fingerprint density at radius 3 is 1.03 bits per heavy atom. The van der Waals surface area contributed by atoms with Crippen molar-refractivity contribution in [3.05, 3.63) is 138 Å². The summed E-state index contributed by atoms with van der Waals surface area (Å²) in [6.45, 7) is 5.11. The number of fused-ring (bicyclic) bond motifs is 2. The Hall–Kier alpha value is -13.6.